The van der Waals surface area contributed by atoms with Crippen LogP contribution in [-0.2, 0) is 0 Å². The minimum absolute atomic E-state index is 0.535. The van der Waals surface area contributed by atoms with Gasteiger partial charge in [-0.1, -0.05) is 73.1 Å². The van der Waals surface area contributed by atoms with Gasteiger partial charge >= 0.3 is 0 Å². The first-order valence-electron chi connectivity index (χ1n) is 11.7. The minimum atomic E-state index is 0.535. The Bertz CT molecular complexity index is 486. The molecule has 4 rings (SSSR count). The first kappa shape index (κ1) is 18.4. The molecule has 2 bridgehead atoms. The normalized spacial score (nSPS) is 49.8. The molecule has 0 saturated heterocycles. The van der Waals surface area contributed by atoms with Gasteiger partial charge in [0.05, 0.1) is 0 Å². The summed E-state index contributed by atoms with van der Waals surface area (Å²) >= 11 is 0. The Balaban J connectivity index is 1.61. The van der Waals surface area contributed by atoms with E-state index in [1.54, 1.807) is 0 Å². The minimum Gasteiger partial charge on any atom is -0.0649 e. The monoisotopic (exact) mass is 343 g/mol. The highest BCUT2D eigenvalue weighted by Crippen LogP contribution is 2.74. The van der Waals surface area contributed by atoms with E-state index in [0.717, 1.165) is 23.7 Å². The molecule has 4 saturated carbocycles. The third kappa shape index (κ3) is 2.75. The first-order chi connectivity index (χ1) is 11.8. The quantitative estimate of drug-likeness (QED) is 0.488. The maximum atomic E-state index is 2.72. The van der Waals surface area contributed by atoms with Crippen molar-refractivity contribution in [2.45, 2.75) is 112 Å². The Morgan fingerprint density at radius 1 is 0.920 bits per heavy atom. The summed E-state index contributed by atoms with van der Waals surface area (Å²) in [6.45, 7) is 13.0. The Kier molecular flexibility index (Phi) is 4.61. The smallest absolute Gasteiger partial charge is 0.0151 e. The maximum Gasteiger partial charge on any atom is -0.0151 e. The second-order valence-corrected chi connectivity index (χ2v) is 11.4. The van der Waals surface area contributed by atoms with Crippen molar-refractivity contribution in [3.05, 3.63) is 5.92 Å². The standard InChI is InChI=1S/C25H43/c1-6-25(13-8-7-9-14-25)17-24(5)19(3)23(4)15-21(22(24)16-23)20-12-10-11-18(20)2/h18,20-22H,6-17H2,1-5H3/t18?,20?,21?,22-,23-,24?/m1/s1. The van der Waals surface area contributed by atoms with Gasteiger partial charge in [0.2, 0.25) is 0 Å². The second kappa shape index (κ2) is 6.27. The van der Waals surface area contributed by atoms with Crippen LogP contribution in [0.5, 0.6) is 0 Å². The molecule has 0 amide bonds. The molecular formula is C25H43. The van der Waals surface area contributed by atoms with Crippen LogP contribution in [0.25, 0.3) is 0 Å². The van der Waals surface area contributed by atoms with Crippen LogP contribution in [0.4, 0.5) is 0 Å². The van der Waals surface area contributed by atoms with E-state index in [-0.39, 0.29) is 0 Å². The number of hydrogen-bond donors (Lipinski definition) is 0. The summed E-state index contributed by atoms with van der Waals surface area (Å²) in [5, 5.41) is 0. The molecule has 0 heteroatoms. The second-order valence-electron chi connectivity index (χ2n) is 11.4. The average molecular weight is 344 g/mol. The lowest BCUT2D eigenvalue weighted by molar-refractivity contribution is 0.0186. The lowest BCUT2D eigenvalue weighted by atomic mass is 9.52. The van der Waals surface area contributed by atoms with Crippen molar-refractivity contribution in [3.8, 4) is 0 Å². The zero-order valence-corrected chi connectivity index (χ0v) is 17.8. The van der Waals surface area contributed by atoms with Gasteiger partial charge in [0, 0.05) is 0 Å². The van der Waals surface area contributed by atoms with Crippen molar-refractivity contribution in [2.75, 3.05) is 0 Å². The zero-order valence-electron chi connectivity index (χ0n) is 17.8. The Hall–Kier alpha value is 0. The van der Waals surface area contributed by atoms with E-state index in [9.17, 15) is 0 Å². The Morgan fingerprint density at radius 3 is 2.20 bits per heavy atom. The molecule has 4 fully saturated rings. The largest absolute Gasteiger partial charge is 0.0649 e. The topological polar surface area (TPSA) is 0 Å². The van der Waals surface area contributed by atoms with Crippen LogP contribution in [0.15, 0.2) is 0 Å². The van der Waals surface area contributed by atoms with Crippen LogP contribution >= 0.6 is 0 Å². The highest BCUT2D eigenvalue weighted by atomic mass is 14.7. The van der Waals surface area contributed by atoms with Crippen molar-refractivity contribution >= 4 is 0 Å². The molecule has 6 atom stereocenters. The number of fused-ring (bicyclic) bond motifs is 2. The predicted octanol–water partition coefficient (Wildman–Crippen LogP) is 7.82. The van der Waals surface area contributed by atoms with Crippen LogP contribution in [0.2, 0.25) is 0 Å². The summed E-state index contributed by atoms with van der Waals surface area (Å²) in [5.41, 5.74) is 1.77. The van der Waals surface area contributed by atoms with Gasteiger partial charge < -0.3 is 0 Å². The summed E-state index contributed by atoms with van der Waals surface area (Å²) in [5.74, 6) is 5.97. The molecule has 4 aliphatic carbocycles. The van der Waals surface area contributed by atoms with Crippen molar-refractivity contribution < 1.29 is 0 Å². The van der Waals surface area contributed by atoms with Crippen molar-refractivity contribution in [2.24, 2.45) is 39.9 Å². The fourth-order valence-corrected chi connectivity index (χ4v) is 8.61. The highest BCUT2D eigenvalue weighted by Gasteiger charge is 2.65. The van der Waals surface area contributed by atoms with E-state index in [1.807, 2.05) is 5.92 Å². The van der Waals surface area contributed by atoms with Gasteiger partial charge in [-0.25, -0.2) is 0 Å². The van der Waals surface area contributed by atoms with E-state index >= 15 is 0 Å². The molecule has 0 heterocycles. The van der Waals surface area contributed by atoms with E-state index in [0.29, 0.717) is 16.2 Å². The Labute approximate surface area is 157 Å². The fourth-order valence-electron chi connectivity index (χ4n) is 8.61. The van der Waals surface area contributed by atoms with Crippen molar-refractivity contribution in [3.63, 3.8) is 0 Å². The maximum absolute atomic E-state index is 2.72. The molecule has 143 valence electrons. The van der Waals surface area contributed by atoms with Crippen LogP contribution in [-0.4, -0.2) is 0 Å². The van der Waals surface area contributed by atoms with Crippen molar-refractivity contribution in [1.29, 1.82) is 0 Å². The lowest BCUT2D eigenvalue weighted by Crippen LogP contribution is -2.44. The van der Waals surface area contributed by atoms with Crippen LogP contribution in [0.3, 0.4) is 0 Å². The molecule has 25 heavy (non-hydrogen) atoms. The molecule has 4 aliphatic rings. The van der Waals surface area contributed by atoms with Crippen LogP contribution in [0, 0.1) is 45.8 Å². The molecule has 4 unspecified atom stereocenters. The molecule has 0 aromatic rings. The molecule has 0 spiro atoms. The molecule has 0 aliphatic heterocycles. The van der Waals surface area contributed by atoms with Gasteiger partial charge in [-0.2, -0.15) is 0 Å². The highest BCUT2D eigenvalue weighted by molar-refractivity contribution is 5.27. The van der Waals surface area contributed by atoms with Crippen LogP contribution in [0.1, 0.15) is 112 Å². The van der Waals surface area contributed by atoms with Gasteiger partial charge in [0.1, 0.15) is 0 Å². The molecule has 0 aromatic heterocycles. The zero-order chi connectivity index (χ0) is 17.9. The third-order valence-electron chi connectivity index (χ3n) is 10.3. The van der Waals surface area contributed by atoms with Gasteiger partial charge in [0.25, 0.3) is 0 Å². The summed E-state index contributed by atoms with van der Waals surface area (Å²) in [7, 11) is 0. The number of hydrogen-bond acceptors (Lipinski definition) is 0. The van der Waals surface area contributed by atoms with Gasteiger partial charge in [-0.3, -0.25) is 0 Å². The molecule has 1 radical (unpaired) electrons. The third-order valence-corrected chi connectivity index (χ3v) is 10.3. The van der Waals surface area contributed by atoms with Crippen LogP contribution < -0.4 is 0 Å². The van der Waals surface area contributed by atoms with Gasteiger partial charge in [-0.15, -0.1) is 0 Å². The van der Waals surface area contributed by atoms with E-state index in [1.165, 1.54) is 77.0 Å². The lowest BCUT2D eigenvalue weighted by Gasteiger charge is -2.53. The van der Waals surface area contributed by atoms with E-state index in [4.69, 9.17) is 0 Å². The summed E-state index contributed by atoms with van der Waals surface area (Å²) in [6, 6.07) is 0. The summed E-state index contributed by atoms with van der Waals surface area (Å²) < 4.78 is 0. The number of rotatable bonds is 4. The van der Waals surface area contributed by atoms with E-state index < -0.39 is 0 Å². The molecule has 0 aromatic carbocycles. The molecule has 0 N–H and O–H groups in total. The van der Waals surface area contributed by atoms with Gasteiger partial charge in [-0.05, 0) is 84.4 Å². The SMILES string of the molecule is CCC1(CC2(C)[C](C)[C@]3(C)CC(C4CCCC4C)[C@H]2C3)CCCCC1. The summed E-state index contributed by atoms with van der Waals surface area (Å²) in [4.78, 5) is 0. The Morgan fingerprint density at radius 2 is 1.64 bits per heavy atom. The predicted molar refractivity (Wildman–Crippen MR) is 108 cm³/mol. The average Bonchev–Trinajstić information content (AvgIpc) is 3.22. The molecule has 0 nitrogen and oxygen atoms in total. The first-order valence-corrected chi connectivity index (χ1v) is 11.7. The fraction of sp³-hybridized carbons (Fsp3) is 0.960. The van der Waals surface area contributed by atoms with E-state index in [2.05, 4.69) is 34.6 Å². The summed E-state index contributed by atoms with van der Waals surface area (Å²) in [6.07, 6.45) is 18.0. The van der Waals surface area contributed by atoms with Gasteiger partial charge in [0.15, 0.2) is 0 Å². The molecular weight excluding hydrogens is 300 g/mol. The van der Waals surface area contributed by atoms with Crippen molar-refractivity contribution in [1.82, 2.24) is 0 Å².